The molecule has 0 aliphatic carbocycles. The predicted molar refractivity (Wildman–Crippen MR) is 267 cm³/mol. The molecule has 1 fully saturated rings. The monoisotopic (exact) mass is 1040 g/mol. The van der Waals surface area contributed by atoms with Gasteiger partial charge in [0.05, 0.1) is 43.4 Å². The van der Waals surface area contributed by atoms with Gasteiger partial charge in [0.25, 0.3) is 11.8 Å². The fourth-order valence-corrected chi connectivity index (χ4v) is 9.44. The standard InChI is InChI=1S/C51H68F2N8O11S/c1-51(2,3)48(49-57-40(38-27-37(52)11-12-39(38)53)32-58(49)30-35-9-5-4-6-10-35)61(47(68)33-62)31-36(29-54)34-73-41-28-46(67)60(50(41)69)20-16-43(64)56-18-8-22-71-24-26-72-25-23-70-21-7-17-55-42(63)15-19-59-44(65)13-14-45(59)66/h4-6,9-14,27,32,36,41,48,62H,7-8,15-26,28-31,33-34,54H2,1-3H3,(H,55,63)(H,56,64)/t36?,41?,48-/m0/s1. The number of likely N-dealkylation sites (tertiary alicyclic amines) is 1. The molecule has 0 bridgehead atoms. The molecule has 22 heteroatoms. The molecule has 2 aromatic carbocycles. The largest absolute Gasteiger partial charge is 0.387 e. The van der Waals surface area contributed by atoms with Gasteiger partial charge in [0.1, 0.15) is 24.1 Å². The van der Waals surface area contributed by atoms with Crippen LogP contribution in [-0.2, 0) is 54.3 Å². The van der Waals surface area contributed by atoms with Gasteiger partial charge in [0.2, 0.25) is 29.5 Å². The maximum atomic E-state index is 15.2. The fraction of sp³-hybridized carbons (Fsp3) is 0.529. The van der Waals surface area contributed by atoms with Crippen LogP contribution in [0.1, 0.15) is 70.3 Å². The Morgan fingerprint density at radius 3 is 2.03 bits per heavy atom. The van der Waals surface area contributed by atoms with Crippen LogP contribution in [0.4, 0.5) is 8.78 Å². The number of hydrogen-bond acceptors (Lipinski definition) is 14. The van der Waals surface area contributed by atoms with Crippen molar-refractivity contribution in [3.8, 4) is 11.3 Å². The predicted octanol–water partition coefficient (Wildman–Crippen LogP) is 2.99. The molecule has 3 heterocycles. The number of hydrogen-bond donors (Lipinski definition) is 4. The van der Waals surface area contributed by atoms with E-state index in [1.165, 1.54) is 28.8 Å². The summed E-state index contributed by atoms with van der Waals surface area (Å²) in [5.74, 6) is -3.90. The van der Waals surface area contributed by atoms with Crippen molar-refractivity contribution in [1.29, 1.82) is 0 Å². The lowest BCUT2D eigenvalue weighted by Gasteiger charge is -2.41. The van der Waals surface area contributed by atoms with Gasteiger partial charge in [0.15, 0.2) is 0 Å². The Bertz CT molecular complexity index is 2370. The van der Waals surface area contributed by atoms with Crippen LogP contribution in [0, 0.1) is 23.0 Å². The lowest BCUT2D eigenvalue weighted by Crippen LogP contribution is -2.47. The number of amides is 7. The molecule has 3 atom stereocenters. The minimum Gasteiger partial charge on any atom is -0.387 e. The van der Waals surface area contributed by atoms with E-state index in [4.69, 9.17) is 24.9 Å². The topological polar surface area (TPSA) is 245 Å². The molecular formula is C51H68F2N8O11S. The number of carbonyl (C=O) groups is 7. The van der Waals surface area contributed by atoms with Gasteiger partial charge in [-0.05, 0) is 60.2 Å². The number of thioether (sulfide) groups is 1. The number of halogens is 2. The van der Waals surface area contributed by atoms with Crippen molar-refractivity contribution in [3.63, 3.8) is 0 Å². The van der Waals surface area contributed by atoms with Crippen LogP contribution in [0.3, 0.4) is 0 Å². The molecule has 19 nitrogen and oxygen atoms in total. The van der Waals surface area contributed by atoms with Gasteiger partial charge in [0, 0.05) is 95.7 Å². The second-order valence-corrected chi connectivity index (χ2v) is 19.8. The first-order chi connectivity index (χ1) is 35.0. The van der Waals surface area contributed by atoms with E-state index in [1.807, 2.05) is 51.1 Å². The van der Waals surface area contributed by atoms with Gasteiger partial charge in [-0.25, -0.2) is 13.8 Å². The summed E-state index contributed by atoms with van der Waals surface area (Å²) in [4.78, 5) is 96.3. The number of aromatic nitrogens is 2. The molecule has 2 unspecified atom stereocenters. The van der Waals surface area contributed by atoms with Crippen LogP contribution < -0.4 is 16.4 Å². The van der Waals surface area contributed by atoms with E-state index in [2.05, 4.69) is 10.6 Å². The average Bonchev–Trinajstić information content (AvgIpc) is 4.01. The van der Waals surface area contributed by atoms with Crippen molar-refractivity contribution in [1.82, 2.24) is 34.9 Å². The summed E-state index contributed by atoms with van der Waals surface area (Å²) in [7, 11) is 0. The SMILES string of the molecule is CC(C)(C)[C@H](c1nc(-c2cc(F)ccc2F)cn1Cc1ccccc1)N(CC(CN)CSC1CC(=O)N(CCC(=O)NCCCOCCOCCOCCCNC(=O)CCN2C(=O)C=CC2=O)C1=O)C(=O)CO. The molecule has 1 saturated heterocycles. The summed E-state index contributed by atoms with van der Waals surface area (Å²) >= 11 is 1.24. The number of aliphatic hydroxyl groups is 1. The van der Waals surface area contributed by atoms with Crippen molar-refractivity contribution in [2.45, 2.75) is 70.7 Å². The van der Waals surface area contributed by atoms with Gasteiger partial charge < -0.3 is 45.2 Å². The molecule has 5 N–H and O–H groups in total. The normalized spacial score (nSPS) is 15.6. The summed E-state index contributed by atoms with van der Waals surface area (Å²) < 4.78 is 47.9. The lowest BCUT2D eigenvalue weighted by molar-refractivity contribution is -0.141. The first-order valence-electron chi connectivity index (χ1n) is 24.4. The van der Waals surface area contributed by atoms with Crippen molar-refractivity contribution < 1.29 is 61.7 Å². The third-order valence-corrected chi connectivity index (χ3v) is 13.3. The highest BCUT2D eigenvalue weighted by atomic mass is 32.2. The fourth-order valence-electron chi connectivity index (χ4n) is 8.16. The Hall–Kier alpha value is -5.91. The van der Waals surface area contributed by atoms with E-state index >= 15 is 4.39 Å². The smallest absolute Gasteiger partial charge is 0.253 e. The second kappa shape index (κ2) is 29.1. The summed E-state index contributed by atoms with van der Waals surface area (Å²) in [6.07, 6.45) is 4.99. The third kappa shape index (κ3) is 17.9. The van der Waals surface area contributed by atoms with E-state index in [0.29, 0.717) is 77.9 Å². The van der Waals surface area contributed by atoms with E-state index in [1.54, 1.807) is 10.8 Å². The number of rotatable bonds is 32. The van der Waals surface area contributed by atoms with E-state index in [0.717, 1.165) is 33.6 Å². The van der Waals surface area contributed by atoms with E-state index < -0.39 is 70.4 Å². The summed E-state index contributed by atoms with van der Waals surface area (Å²) in [5.41, 5.74) is 6.58. The maximum absolute atomic E-state index is 15.2. The van der Waals surface area contributed by atoms with Crippen LogP contribution in [0.2, 0.25) is 0 Å². The molecule has 3 aromatic rings. The Labute approximate surface area is 428 Å². The van der Waals surface area contributed by atoms with Gasteiger partial charge in [-0.2, -0.15) is 0 Å². The van der Waals surface area contributed by atoms with Crippen LogP contribution in [0.15, 0.2) is 66.9 Å². The first-order valence-corrected chi connectivity index (χ1v) is 25.5. The third-order valence-electron chi connectivity index (χ3n) is 11.9. The number of nitrogens with two attached hydrogens (primary N) is 1. The average molecular weight is 1040 g/mol. The zero-order valence-corrected chi connectivity index (χ0v) is 42.5. The molecule has 73 heavy (non-hydrogen) atoms. The molecule has 0 spiro atoms. The number of nitrogens with one attached hydrogen (secondary N) is 2. The van der Waals surface area contributed by atoms with Crippen molar-refractivity contribution in [2.75, 3.05) is 91.3 Å². The molecule has 5 rings (SSSR count). The zero-order valence-electron chi connectivity index (χ0n) is 41.7. The number of nitrogens with zero attached hydrogens (tertiary/aromatic N) is 5. The summed E-state index contributed by atoms with van der Waals surface area (Å²) in [6, 6.07) is 11.8. The van der Waals surface area contributed by atoms with Crippen LogP contribution in [-0.4, -0.2) is 167 Å². The number of ether oxygens (including phenoxy) is 3. The Kier molecular flexibility index (Phi) is 23.1. The zero-order chi connectivity index (χ0) is 52.9. The van der Waals surface area contributed by atoms with Crippen molar-refractivity contribution >= 4 is 53.1 Å². The van der Waals surface area contributed by atoms with Gasteiger partial charge in [-0.3, -0.25) is 43.4 Å². The highest BCUT2D eigenvalue weighted by Crippen LogP contribution is 2.40. The molecule has 2 aliphatic heterocycles. The summed E-state index contributed by atoms with van der Waals surface area (Å²) in [5, 5.41) is 15.1. The van der Waals surface area contributed by atoms with E-state index in [9.17, 15) is 43.1 Å². The number of imide groups is 2. The number of imidazole rings is 1. The van der Waals surface area contributed by atoms with Gasteiger partial charge in [-0.15, -0.1) is 11.8 Å². The molecule has 7 amide bonds. The minimum atomic E-state index is -0.825. The van der Waals surface area contributed by atoms with Crippen LogP contribution in [0.25, 0.3) is 11.3 Å². The Balaban J connectivity index is 0.999. The molecule has 0 radical (unpaired) electrons. The lowest BCUT2D eigenvalue weighted by atomic mass is 9.84. The maximum Gasteiger partial charge on any atom is 0.253 e. The molecule has 0 saturated carbocycles. The van der Waals surface area contributed by atoms with Crippen molar-refractivity contribution in [3.05, 3.63) is 89.9 Å². The van der Waals surface area contributed by atoms with Crippen LogP contribution in [0.5, 0.6) is 0 Å². The van der Waals surface area contributed by atoms with Gasteiger partial charge in [-0.1, -0.05) is 51.1 Å². The molecule has 398 valence electrons. The minimum absolute atomic E-state index is 0.0322. The van der Waals surface area contributed by atoms with E-state index in [-0.39, 0.29) is 74.3 Å². The first kappa shape index (κ1) is 58.0. The highest BCUT2D eigenvalue weighted by Gasteiger charge is 2.41. The number of benzene rings is 2. The Morgan fingerprint density at radius 1 is 0.863 bits per heavy atom. The van der Waals surface area contributed by atoms with Crippen molar-refractivity contribution in [2.24, 2.45) is 17.1 Å². The van der Waals surface area contributed by atoms with Gasteiger partial charge >= 0.3 is 0 Å². The quantitative estimate of drug-likeness (QED) is 0.0519. The van der Waals surface area contributed by atoms with Crippen LogP contribution >= 0.6 is 11.8 Å². The molecule has 1 aromatic heterocycles. The molecular weight excluding hydrogens is 971 g/mol. The second-order valence-electron chi connectivity index (χ2n) is 18.6. The number of aliphatic hydroxyl groups excluding tert-OH is 1. The summed E-state index contributed by atoms with van der Waals surface area (Å²) in [6.45, 7) is 8.22. The number of carbonyl (C=O) groups excluding carboxylic acids is 7. The molecule has 2 aliphatic rings. The highest BCUT2D eigenvalue weighted by molar-refractivity contribution is 8.00. The Morgan fingerprint density at radius 2 is 1.45 bits per heavy atom.